The van der Waals surface area contributed by atoms with Crippen molar-refractivity contribution < 1.29 is 9.84 Å². The second-order valence-electron chi connectivity index (χ2n) is 3.28. The molecule has 0 unspecified atom stereocenters. The Morgan fingerprint density at radius 2 is 2.21 bits per heavy atom. The first-order valence-electron chi connectivity index (χ1n) is 4.41. The summed E-state index contributed by atoms with van der Waals surface area (Å²) in [5.41, 5.74) is 1.96. The Balaban J connectivity index is 2.45. The number of aliphatic hydroxyl groups is 1. The fourth-order valence-corrected chi connectivity index (χ4v) is 2.02. The zero-order valence-corrected chi connectivity index (χ0v) is 9.36. The lowest BCUT2D eigenvalue weighted by atomic mass is 9.93. The Labute approximate surface area is 91.3 Å². The van der Waals surface area contributed by atoms with Gasteiger partial charge in [0.1, 0.15) is 12.2 Å². The molecular formula is C11H11BrO2. The Hall–Kier alpha value is -0.640. The van der Waals surface area contributed by atoms with Crippen LogP contribution in [0.2, 0.25) is 0 Å². The predicted molar refractivity (Wildman–Crippen MR) is 58.9 cm³/mol. The number of aliphatic hydroxyl groups excluding tert-OH is 1. The van der Waals surface area contributed by atoms with Crippen LogP contribution >= 0.6 is 15.9 Å². The third kappa shape index (κ3) is 1.63. The first-order valence-corrected chi connectivity index (χ1v) is 5.20. The van der Waals surface area contributed by atoms with E-state index in [0.717, 1.165) is 15.6 Å². The van der Waals surface area contributed by atoms with Gasteiger partial charge in [-0.25, -0.2) is 0 Å². The fraction of sp³-hybridized carbons (Fsp3) is 0.273. The molecule has 0 radical (unpaired) electrons. The molecule has 1 aromatic rings. The molecule has 1 aliphatic carbocycles. The van der Waals surface area contributed by atoms with Gasteiger partial charge in [0.05, 0.1) is 0 Å². The van der Waals surface area contributed by atoms with E-state index in [0.29, 0.717) is 0 Å². The van der Waals surface area contributed by atoms with Crippen LogP contribution in [-0.4, -0.2) is 18.3 Å². The Bertz CT molecular complexity index is 374. The van der Waals surface area contributed by atoms with E-state index >= 15 is 0 Å². The maximum Gasteiger partial charge on any atom is 0.109 e. The Morgan fingerprint density at radius 1 is 1.43 bits per heavy atom. The molecule has 2 atom stereocenters. The van der Waals surface area contributed by atoms with E-state index < -0.39 is 6.10 Å². The number of methoxy groups -OCH3 is 1. The Kier molecular flexibility index (Phi) is 2.72. The molecule has 0 spiro atoms. The van der Waals surface area contributed by atoms with Gasteiger partial charge in [0.2, 0.25) is 0 Å². The first kappa shape index (κ1) is 9.90. The highest BCUT2D eigenvalue weighted by Crippen LogP contribution is 2.31. The minimum Gasteiger partial charge on any atom is -0.385 e. The third-order valence-electron chi connectivity index (χ3n) is 2.42. The van der Waals surface area contributed by atoms with Crippen molar-refractivity contribution in [2.75, 3.05) is 7.11 Å². The van der Waals surface area contributed by atoms with Gasteiger partial charge >= 0.3 is 0 Å². The van der Waals surface area contributed by atoms with Crippen LogP contribution in [-0.2, 0) is 4.74 Å². The van der Waals surface area contributed by atoms with Crippen LogP contribution < -0.4 is 0 Å². The van der Waals surface area contributed by atoms with Gasteiger partial charge in [0.15, 0.2) is 0 Å². The SMILES string of the molecule is CO[C@@H]1C=Cc2ccc(Br)cc2[C@H]1O. The van der Waals surface area contributed by atoms with E-state index in [1.54, 1.807) is 7.11 Å². The van der Waals surface area contributed by atoms with Crippen LogP contribution in [0.5, 0.6) is 0 Å². The molecule has 1 N–H and O–H groups in total. The van der Waals surface area contributed by atoms with Gasteiger partial charge in [-0.1, -0.05) is 34.1 Å². The molecule has 14 heavy (non-hydrogen) atoms. The largest absolute Gasteiger partial charge is 0.385 e. The number of hydrogen-bond donors (Lipinski definition) is 1. The van der Waals surface area contributed by atoms with Crippen LogP contribution in [0.4, 0.5) is 0 Å². The van der Waals surface area contributed by atoms with Gasteiger partial charge in [-0.2, -0.15) is 0 Å². The molecule has 0 bridgehead atoms. The second kappa shape index (κ2) is 3.85. The summed E-state index contributed by atoms with van der Waals surface area (Å²) in [6.07, 6.45) is 3.04. The molecule has 0 fully saturated rings. The lowest BCUT2D eigenvalue weighted by Gasteiger charge is -2.24. The summed E-state index contributed by atoms with van der Waals surface area (Å²) in [4.78, 5) is 0. The number of halogens is 1. The van der Waals surface area contributed by atoms with Crippen molar-refractivity contribution >= 4 is 22.0 Å². The molecule has 3 heteroatoms. The van der Waals surface area contributed by atoms with Gasteiger partial charge in [0.25, 0.3) is 0 Å². The molecule has 2 rings (SSSR count). The minimum absolute atomic E-state index is 0.239. The van der Waals surface area contributed by atoms with Crippen LogP contribution in [0.1, 0.15) is 17.2 Å². The van der Waals surface area contributed by atoms with Crippen molar-refractivity contribution in [1.82, 2.24) is 0 Å². The summed E-state index contributed by atoms with van der Waals surface area (Å²) in [7, 11) is 1.60. The number of benzene rings is 1. The highest BCUT2D eigenvalue weighted by Gasteiger charge is 2.23. The van der Waals surface area contributed by atoms with Crippen molar-refractivity contribution in [3.63, 3.8) is 0 Å². The Morgan fingerprint density at radius 3 is 2.93 bits per heavy atom. The molecule has 0 aromatic heterocycles. The van der Waals surface area contributed by atoms with Crippen LogP contribution in [0.25, 0.3) is 6.08 Å². The quantitative estimate of drug-likeness (QED) is 0.835. The molecule has 1 aromatic carbocycles. The number of rotatable bonds is 1. The lowest BCUT2D eigenvalue weighted by Crippen LogP contribution is -2.21. The van der Waals surface area contributed by atoms with Crippen LogP contribution in [0.15, 0.2) is 28.7 Å². The van der Waals surface area contributed by atoms with Gasteiger partial charge in [0, 0.05) is 11.6 Å². The van der Waals surface area contributed by atoms with Crippen molar-refractivity contribution in [2.45, 2.75) is 12.2 Å². The molecule has 0 amide bonds. The van der Waals surface area contributed by atoms with Crippen molar-refractivity contribution in [2.24, 2.45) is 0 Å². The molecule has 0 saturated heterocycles. The number of hydrogen-bond acceptors (Lipinski definition) is 2. The van der Waals surface area contributed by atoms with E-state index in [1.165, 1.54) is 0 Å². The average molecular weight is 255 g/mol. The van der Waals surface area contributed by atoms with E-state index in [-0.39, 0.29) is 6.10 Å². The summed E-state index contributed by atoms with van der Waals surface area (Å²) in [6, 6.07) is 5.86. The predicted octanol–water partition coefficient (Wildman–Crippen LogP) is 2.52. The highest BCUT2D eigenvalue weighted by atomic mass is 79.9. The molecule has 0 aliphatic heterocycles. The average Bonchev–Trinajstić information content (AvgIpc) is 2.20. The summed E-state index contributed by atoms with van der Waals surface area (Å²) in [6.45, 7) is 0. The normalized spacial score (nSPS) is 24.8. The number of fused-ring (bicyclic) bond motifs is 1. The van der Waals surface area contributed by atoms with Gasteiger partial charge in [-0.3, -0.25) is 0 Å². The zero-order valence-electron chi connectivity index (χ0n) is 7.77. The smallest absolute Gasteiger partial charge is 0.109 e. The topological polar surface area (TPSA) is 29.5 Å². The summed E-state index contributed by atoms with van der Waals surface area (Å²) >= 11 is 3.38. The van der Waals surface area contributed by atoms with Crippen LogP contribution in [0, 0.1) is 0 Å². The van der Waals surface area contributed by atoms with Gasteiger partial charge in [-0.15, -0.1) is 0 Å². The van der Waals surface area contributed by atoms with Crippen LogP contribution in [0.3, 0.4) is 0 Å². The second-order valence-corrected chi connectivity index (χ2v) is 4.19. The highest BCUT2D eigenvalue weighted by molar-refractivity contribution is 9.10. The van der Waals surface area contributed by atoms with Gasteiger partial charge < -0.3 is 9.84 Å². The molecular weight excluding hydrogens is 244 g/mol. The lowest BCUT2D eigenvalue weighted by molar-refractivity contribution is 0.0150. The summed E-state index contributed by atoms with van der Waals surface area (Å²) in [5, 5.41) is 9.95. The maximum atomic E-state index is 9.95. The first-order chi connectivity index (χ1) is 6.72. The monoisotopic (exact) mass is 254 g/mol. The fourth-order valence-electron chi connectivity index (χ4n) is 1.64. The third-order valence-corrected chi connectivity index (χ3v) is 2.91. The summed E-state index contributed by atoms with van der Waals surface area (Å²) in [5.74, 6) is 0. The van der Waals surface area contributed by atoms with E-state index in [9.17, 15) is 5.11 Å². The molecule has 0 heterocycles. The minimum atomic E-state index is -0.572. The molecule has 0 saturated carbocycles. The van der Waals surface area contributed by atoms with E-state index in [2.05, 4.69) is 15.9 Å². The summed E-state index contributed by atoms with van der Waals surface area (Å²) < 4.78 is 6.12. The van der Waals surface area contributed by atoms with Gasteiger partial charge in [-0.05, 0) is 23.3 Å². The zero-order chi connectivity index (χ0) is 10.1. The standard InChI is InChI=1S/C11H11BrO2/c1-14-10-5-3-7-2-4-8(12)6-9(7)11(10)13/h2-6,10-11,13H,1H3/t10-,11-/m1/s1. The molecule has 2 nitrogen and oxygen atoms in total. The maximum absolute atomic E-state index is 9.95. The number of ether oxygens (including phenoxy) is 1. The van der Waals surface area contributed by atoms with Crippen molar-refractivity contribution in [3.05, 3.63) is 39.9 Å². The van der Waals surface area contributed by atoms with E-state index in [4.69, 9.17) is 4.74 Å². The molecule has 74 valence electrons. The van der Waals surface area contributed by atoms with Crippen molar-refractivity contribution in [3.8, 4) is 0 Å². The van der Waals surface area contributed by atoms with E-state index in [1.807, 2.05) is 30.4 Å². The molecule has 1 aliphatic rings. The van der Waals surface area contributed by atoms with Crippen molar-refractivity contribution in [1.29, 1.82) is 0 Å².